The van der Waals surface area contributed by atoms with E-state index in [9.17, 15) is 12.8 Å². The summed E-state index contributed by atoms with van der Waals surface area (Å²) in [4.78, 5) is 3.55. The molecule has 0 aliphatic heterocycles. The molecule has 1 unspecified atom stereocenters. The molecule has 0 amide bonds. The van der Waals surface area contributed by atoms with Crippen molar-refractivity contribution in [3.8, 4) is 0 Å². The summed E-state index contributed by atoms with van der Waals surface area (Å²) in [6, 6.07) is 1.97. The quantitative estimate of drug-likeness (QED) is 0.807. The van der Waals surface area contributed by atoms with E-state index in [0.717, 1.165) is 6.07 Å². The van der Waals surface area contributed by atoms with Gasteiger partial charge in [0.15, 0.2) is 5.82 Å². The van der Waals surface area contributed by atoms with Crippen molar-refractivity contribution >= 4 is 10.0 Å². The molecule has 0 aliphatic rings. The van der Waals surface area contributed by atoms with Crippen LogP contribution in [-0.4, -0.2) is 26.0 Å². The maximum atomic E-state index is 13.4. The highest BCUT2D eigenvalue weighted by Crippen LogP contribution is 2.12. The summed E-state index contributed by atoms with van der Waals surface area (Å²) in [5.41, 5.74) is 5.50. The molecule has 0 aromatic carbocycles. The molecule has 18 heavy (non-hydrogen) atoms. The second-order valence-electron chi connectivity index (χ2n) is 4.47. The maximum absolute atomic E-state index is 13.4. The molecule has 1 atom stereocenters. The minimum absolute atomic E-state index is 0.159. The molecule has 3 N–H and O–H groups in total. The minimum Gasteiger partial charge on any atom is -0.329 e. The van der Waals surface area contributed by atoms with Gasteiger partial charge in [-0.25, -0.2) is 22.5 Å². The Morgan fingerprint density at radius 3 is 2.67 bits per heavy atom. The van der Waals surface area contributed by atoms with E-state index in [1.807, 2.05) is 13.8 Å². The highest BCUT2D eigenvalue weighted by atomic mass is 32.2. The molecule has 0 spiro atoms. The zero-order valence-corrected chi connectivity index (χ0v) is 11.2. The largest absolute Gasteiger partial charge is 0.329 e. The third kappa shape index (κ3) is 4.01. The first-order valence-corrected chi connectivity index (χ1v) is 7.18. The van der Waals surface area contributed by atoms with Gasteiger partial charge in [0, 0.05) is 18.8 Å². The Morgan fingerprint density at radius 2 is 2.17 bits per heavy atom. The lowest BCUT2D eigenvalue weighted by Gasteiger charge is -2.18. The van der Waals surface area contributed by atoms with Gasteiger partial charge in [0.2, 0.25) is 5.03 Å². The smallest absolute Gasteiger partial charge is 0.261 e. The van der Waals surface area contributed by atoms with Crippen LogP contribution in [0.15, 0.2) is 23.4 Å². The van der Waals surface area contributed by atoms with Crippen molar-refractivity contribution in [1.82, 2.24) is 9.71 Å². The molecule has 0 bridgehead atoms. The van der Waals surface area contributed by atoms with E-state index in [4.69, 9.17) is 5.73 Å². The monoisotopic (exact) mass is 275 g/mol. The normalized spacial score (nSPS) is 13.8. The number of hydrogen-bond acceptors (Lipinski definition) is 4. The Bertz CT molecular complexity index is 491. The molecule has 0 saturated heterocycles. The lowest BCUT2D eigenvalue weighted by atomic mass is 10.1. The van der Waals surface area contributed by atoms with Crippen molar-refractivity contribution in [2.24, 2.45) is 11.7 Å². The van der Waals surface area contributed by atoms with E-state index in [2.05, 4.69) is 9.71 Å². The molecule has 0 aliphatic carbocycles. The van der Waals surface area contributed by atoms with Crippen LogP contribution in [0.1, 0.15) is 20.3 Å². The highest BCUT2D eigenvalue weighted by Gasteiger charge is 2.24. The SMILES string of the molecule is CC(C)CC(CN)NS(=O)(=O)c1ncccc1F. The fraction of sp³-hybridized carbons (Fsp3) is 0.545. The van der Waals surface area contributed by atoms with Crippen LogP contribution < -0.4 is 10.5 Å². The lowest BCUT2D eigenvalue weighted by Crippen LogP contribution is -2.41. The molecule has 1 aromatic rings. The highest BCUT2D eigenvalue weighted by molar-refractivity contribution is 7.89. The molecule has 1 rings (SSSR count). The number of sulfonamides is 1. The molecule has 0 radical (unpaired) electrons. The Hall–Kier alpha value is -1.05. The molecular formula is C11H18FN3O2S. The Labute approximate surface area is 107 Å². The Morgan fingerprint density at radius 1 is 1.50 bits per heavy atom. The van der Waals surface area contributed by atoms with E-state index < -0.39 is 26.9 Å². The Kier molecular flexibility index (Phi) is 5.18. The number of halogens is 1. The summed E-state index contributed by atoms with van der Waals surface area (Å²) in [7, 11) is -3.96. The van der Waals surface area contributed by atoms with Gasteiger partial charge in [-0.2, -0.15) is 0 Å². The second-order valence-corrected chi connectivity index (χ2v) is 6.10. The number of rotatable bonds is 6. The zero-order valence-electron chi connectivity index (χ0n) is 10.4. The van der Waals surface area contributed by atoms with E-state index in [-0.39, 0.29) is 12.5 Å². The van der Waals surface area contributed by atoms with Crippen LogP contribution in [0.3, 0.4) is 0 Å². The van der Waals surface area contributed by atoms with E-state index in [1.54, 1.807) is 0 Å². The van der Waals surface area contributed by atoms with Crippen LogP contribution in [0.5, 0.6) is 0 Å². The first-order chi connectivity index (χ1) is 8.36. The van der Waals surface area contributed by atoms with Crippen molar-refractivity contribution in [2.45, 2.75) is 31.3 Å². The lowest BCUT2D eigenvalue weighted by molar-refractivity contribution is 0.461. The maximum Gasteiger partial charge on any atom is 0.261 e. The van der Waals surface area contributed by atoms with Crippen molar-refractivity contribution < 1.29 is 12.8 Å². The fourth-order valence-electron chi connectivity index (χ4n) is 1.61. The summed E-state index contributed by atoms with van der Waals surface area (Å²) in [6.07, 6.45) is 1.82. The first-order valence-electron chi connectivity index (χ1n) is 5.69. The fourth-order valence-corrected chi connectivity index (χ4v) is 2.87. The number of nitrogens with zero attached hydrogens (tertiary/aromatic N) is 1. The van der Waals surface area contributed by atoms with Gasteiger partial charge in [0.1, 0.15) is 0 Å². The van der Waals surface area contributed by atoms with Gasteiger partial charge < -0.3 is 5.73 Å². The molecule has 5 nitrogen and oxygen atoms in total. The van der Waals surface area contributed by atoms with Crippen LogP contribution in [0.25, 0.3) is 0 Å². The summed E-state index contributed by atoms with van der Waals surface area (Å²) in [5, 5.41) is -0.591. The summed E-state index contributed by atoms with van der Waals surface area (Å²) < 4.78 is 39.6. The Balaban J connectivity index is 2.91. The molecule has 7 heteroatoms. The average Bonchev–Trinajstić information content (AvgIpc) is 2.27. The van der Waals surface area contributed by atoms with Crippen molar-refractivity contribution in [3.63, 3.8) is 0 Å². The van der Waals surface area contributed by atoms with Crippen molar-refractivity contribution in [1.29, 1.82) is 0 Å². The predicted molar refractivity (Wildman–Crippen MR) is 66.8 cm³/mol. The van der Waals surface area contributed by atoms with E-state index in [0.29, 0.717) is 6.42 Å². The van der Waals surface area contributed by atoms with E-state index in [1.165, 1.54) is 12.3 Å². The van der Waals surface area contributed by atoms with Crippen LogP contribution in [0.2, 0.25) is 0 Å². The number of nitrogens with one attached hydrogen (secondary N) is 1. The van der Waals surface area contributed by atoms with Gasteiger partial charge in [0.05, 0.1) is 0 Å². The van der Waals surface area contributed by atoms with Gasteiger partial charge in [-0.15, -0.1) is 0 Å². The van der Waals surface area contributed by atoms with Gasteiger partial charge in [-0.3, -0.25) is 0 Å². The first kappa shape index (κ1) is 15.0. The third-order valence-corrected chi connectivity index (χ3v) is 3.79. The topological polar surface area (TPSA) is 85.1 Å². The summed E-state index contributed by atoms with van der Waals surface area (Å²) >= 11 is 0. The minimum atomic E-state index is -3.96. The second kappa shape index (κ2) is 6.21. The predicted octanol–water partition coefficient (Wildman–Crippen LogP) is 0.872. The number of aromatic nitrogens is 1. The van der Waals surface area contributed by atoms with Crippen molar-refractivity contribution in [2.75, 3.05) is 6.54 Å². The van der Waals surface area contributed by atoms with Crippen molar-refractivity contribution in [3.05, 3.63) is 24.1 Å². The molecule has 0 saturated carbocycles. The average molecular weight is 275 g/mol. The molecule has 102 valence electrons. The third-order valence-electron chi connectivity index (χ3n) is 2.34. The molecule has 0 fully saturated rings. The van der Waals surface area contributed by atoms with Crippen LogP contribution >= 0.6 is 0 Å². The van der Waals surface area contributed by atoms with Gasteiger partial charge >= 0.3 is 0 Å². The van der Waals surface area contributed by atoms with Gasteiger partial charge in [0.25, 0.3) is 10.0 Å². The molecule has 1 aromatic heterocycles. The number of pyridine rings is 1. The van der Waals surface area contributed by atoms with Crippen LogP contribution in [0.4, 0.5) is 4.39 Å². The number of nitrogens with two attached hydrogens (primary N) is 1. The summed E-state index contributed by atoms with van der Waals surface area (Å²) in [6.45, 7) is 4.07. The zero-order chi connectivity index (χ0) is 13.8. The van der Waals surface area contributed by atoms with E-state index >= 15 is 0 Å². The summed E-state index contributed by atoms with van der Waals surface area (Å²) in [5.74, 6) is -0.583. The molecule has 1 heterocycles. The van der Waals surface area contributed by atoms with Gasteiger partial charge in [-0.1, -0.05) is 13.8 Å². The number of hydrogen-bond donors (Lipinski definition) is 2. The standard InChI is InChI=1S/C11H18FN3O2S/c1-8(2)6-9(7-13)15-18(16,17)11-10(12)4-3-5-14-11/h3-5,8-9,15H,6-7,13H2,1-2H3. The van der Waals surface area contributed by atoms with Crippen LogP contribution in [0, 0.1) is 11.7 Å². The van der Waals surface area contributed by atoms with Crippen LogP contribution in [-0.2, 0) is 10.0 Å². The molecular weight excluding hydrogens is 257 g/mol. The van der Waals surface area contributed by atoms with Gasteiger partial charge in [-0.05, 0) is 24.5 Å².